The van der Waals surface area contributed by atoms with E-state index in [-0.39, 0.29) is 24.2 Å². The molecule has 2 aromatic carbocycles. The second-order valence-corrected chi connectivity index (χ2v) is 7.18. The molecule has 160 valence electrons. The number of likely N-dealkylation sites (tertiary alicyclic amines) is 1. The lowest BCUT2D eigenvalue weighted by Crippen LogP contribution is -2.44. The molecule has 1 fully saturated rings. The zero-order valence-corrected chi connectivity index (χ0v) is 17.4. The van der Waals surface area contributed by atoms with Gasteiger partial charge in [0, 0.05) is 37.0 Å². The van der Waals surface area contributed by atoms with Crippen LogP contribution in [0.25, 0.3) is 0 Å². The Morgan fingerprint density at radius 2 is 1.73 bits per heavy atom. The first kappa shape index (κ1) is 21.5. The van der Waals surface area contributed by atoms with Crippen molar-refractivity contribution in [3.8, 4) is 17.2 Å². The number of amides is 2. The van der Waals surface area contributed by atoms with E-state index in [0.717, 1.165) is 18.6 Å². The highest BCUT2D eigenvalue weighted by molar-refractivity contribution is 5.93. The molecule has 30 heavy (non-hydrogen) atoms. The van der Waals surface area contributed by atoms with Gasteiger partial charge in [0.15, 0.2) is 0 Å². The number of ether oxygens (including phenoxy) is 3. The van der Waals surface area contributed by atoms with Crippen molar-refractivity contribution >= 4 is 17.5 Å². The highest BCUT2D eigenvalue weighted by Crippen LogP contribution is 2.27. The van der Waals surface area contributed by atoms with Gasteiger partial charge in [0.05, 0.1) is 33.2 Å². The molecule has 7 heteroatoms. The number of hydrogen-bond acceptors (Lipinski definition) is 5. The SMILES string of the molecule is COc1cc(NC(=O)C2CCCN(C(=O)CCOc3ccccc3)C2)cc(OC)c1. The van der Waals surface area contributed by atoms with E-state index in [4.69, 9.17) is 14.2 Å². The van der Waals surface area contributed by atoms with Crippen molar-refractivity contribution in [2.24, 2.45) is 5.92 Å². The summed E-state index contributed by atoms with van der Waals surface area (Å²) in [5.41, 5.74) is 0.607. The number of nitrogens with one attached hydrogen (secondary N) is 1. The Kier molecular flexibility index (Phi) is 7.54. The number of nitrogens with zero attached hydrogens (tertiary/aromatic N) is 1. The van der Waals surface area contributed by atoms with Crippen molar-refractivity contribution in [3.63, 3.8) is 0 Å². The molecule has 1 aliphatic heterocycles. The topological polar surface area (TPSA) is 77.1 Å². The number of carbonyl (C=O) groups excluding carboxylic acids is 2. The quantitative estimate of drug-likeness (QED) is 0.720. The summed E-state index contributed by atoms with van der Waals surface area (Å²) in [5.74, 6) is 1.59. The van der Waals surface area contributed by atoms with Crippen LogP contribution < -0.4 is 19.5 Å². The number of hydrogen-bond donors (Lipinski definition) is 1. The lowest BCUT2D eigenvalue weighted by Gasteiger charge is -2.32. The second-order valence-electron chi connectivity index (χ2n) is 7.18. The molecule has 1 saturated heterocycles. The van der Waals surface area contributed by atoms with Crippen LogP contribution in [-0.4, -0.2) is 50.6 Å². The molecule has 1 unspecified atom stereocenters. The van der Waals surface area contributed by atoms with Crippen LogP contribution in [0.5, 0.6) is 17.2 Å². The average Bonchev–Trinajstić information content (AvgIpc) is 2.79. The summed E-state index contributed by atoms with van der Waals surface area (Å²) in [7, 11) is 3.12. The Morgan fingerprint density at radius 3 is 2.40 bits per heavy atom. The molecule has 7 nitrogen and oxygen atoms in total. The Labute approximate surface area is 176 Å². The van der Waals surface area contributed by atoms with Crippen LogP contribution in [0.4, 0.5) is 5.69 Å². The maximum absolute atomic E-state index is 12.8. The van der Waals surface area contributed by atoms with Gasteiger partial charge in [0.25, 0.3) is 0 Å². The maximum Gasteiger partial charge on any atom is 0.229 e. The summed E-state index contributed by atoms with van der Waals surface area (Å²) >= 11 is 0. The molecule has 0 saturated carbocycles. The fourth-order valence-corrected chi connectivity index (χ4v) is 3.47. The smallest absolute Gasteiger partial charge is 0.229 e. The molecule has 1 heterocycles. The van der Waals surface area contributed by atoms with E-state index >= 15 is 0 Å². The van der Waals surface area contributed by atoms with Crippen LogP contribution in [-0.2, 0) is 9.59 Å². The summed E-state index contributed by atoms with van der Waals surface area (Å²) in [5, 5.41) is 2.92. The van der Waals surface area contributed by atoms with E-state index in [1.165, 1.54) is 0 Å². The minimum absolute atomic E-state index is 0.00600. The predicted octanol–water partition coefficient (Wildman–Crippen LogP) is 3.35. The second kappa shape index (κ2) is 10.5. The molecule has 2 aromatic rings. The number of anilines is 1. The first-order chi connectivity index (χ1) is 14.6. The number of methoxy groups -OCH3 is 2. The normalized spacial score (nSPS) is 15.9. The van der Waals surface area contributed by atoms with Crippen LogP contribution in [0.1, 0.15) is 19.3 Å². The zero-order valence-electron chi connectivity index (χ0n) is 17.4. The summed E-state index contributed by atoms with van der Waals surface area (Å²) in [6.45, 7) is 1.40. The molecular weight excluding hydrogens is 384 g/mol. The fourth-order valence-electron chi connectivity index (χ4n) is 3.47. The van der Waals surface area contributed by atoms with Gasteiger partial charge in [-0.1, -0.05) is 18.2 Å². The molecule has 0 aliphatic carbocycles. The van der Waals surface area contributed by atoms with E-state index in [2.05, 4.69) is 5.32 Å². The van der Waals surface area contributed by atoms with E-state index in [9.17, 15) is 9.59 Å². The predicted molar refractivity (Wildman–Crippen MR) is 114 cm³/mol. The fraction of sp³-hybridized carbons (Fsp3) is 0.391. The van der Waals surface area contributed by atoms with Crippen molar-refractivity contribution in [1.82, 2.24) is 4.90 Å². The van der Waals surface area contributed by atoms with Gasteiger partial charge in [0.2, 0.25) is 11.8 Å². The minimum Gasteiger partial charge on any atom is -0.497 e. The largest absolute Gasteiger partial charge is 0.497 e. The van der Waals surface area contributed by atoms with E-state index in [0.29, 0.717) is 36.9 Å². The molecule has 1 aliphatic rings. The van der Waals surface area contributed by atoms with Gasteiger partial charge in [-0.15, -0.1) is 0 Å². The average molecular weight is 412 g/mol. The van der Waals surface area contributed by atoms with Crippen molar-refractivity contribution in [1.29, 1.82) is 0 Å². The van der Waals surface area contributed by atoms with Crippen molar-refractivity contribution in [3.05, 3.63) is 48.5 Å². The molecule has 0 aromatic heterocycles. The number of para-hydroxylation sites is 1. The van der Waals surface area contributed by atoms with E-state index < -0.39 is 0 Å². The number of piperidine rings is 1. The highest BCUT2D eigenvalue weighted by atomic mass is 16.5. The molecule has 1 atom stereocenters. The summed E-state index contributed by atoms with van der Waals surface area (Å²) < 4.78 is 16.1. The molecule has 0 spiro atoms. The maximum atomic E-state index is 12.8. The third-order valence-electron chi connectivity index (χ3n) is 5.09. The Hall–Kier alpha value is -3.22. The molecule has 3 rings (SSSR count). The Morgan fingerprint density at radius 1 is 1.03 bits per heavy atom. The lowest BCUT2D eigenvalue weighted by atomic mass is 9.96. The van der Waals surface area contributed by atoms with Crippen molar-refractivity contribution < 1.29 is 23.8 Å². The van der Waals surface area contributed by atoms with E-state index in [1.54, 1.807) is 37.3 Å². The van der Waals surface area contributed by atoms with Gasteiger partial charge in [-0.05, 0) is 25.0 Å². The molecule has 2 amide bonds. The molecule has 1 N–H and O–H groups in total. The molecule has 0 radical (unpaired) electrons. The first-order valence-electron chi connectivity index (χ1n) is 10.1. The number of benzene rings is 2. The zero-order chi connectivity index (χ0) is 21.3. The number of carbonyl (C=O) groups is 2. The molecule has 0 bridgehead atoms. The standard InChI is InChI=1S/C23H28N2O5/c1-28-20-13-18(14-21(15-20)29-2)24-23(27)17-7-6-11-25(16-17)22(26)10-12-30-19-8-4-3-5-9-19/h3-5,8-9,13-15,17H,6-7,10-12,16H2,1-2H3,(H,24,27). The van der Waals surface area contributed by atoms with Gasteiger partial charge >= 0.3 is 0 Å². The van der Waals surface area contributed by atoms with Crippen LogP contribution in [0.3, 0.4) is 0 Å². The Bertz CT molecular complexity index is 834. The van der Waals surface area contributed by atoms with E-state index in [1.807, 2.05) is 30.3 Å². The molecular formula is C23H28N2O5. The van der Waals surface area contributed by atoms with Crippen LogP contribution in [0, 0.1) is 5.92 Å². The summed E-state index contributed by atoms with van der Waals surface area (Å²) in [6, 6.07) is 14.7. The van der Waals surface area contributed by atoms with Gasteiger partial charge in [-0.2, -0.15) is 0 Å². The van der Waals surface area contributed by atoms with Crippen molar-refractivity contribution in [2.75, 3.05) is 39.2 Å². The van der Waals surface area contributed by atoms with Crippen molar-refractivity contribution in [2.45, 2.75) is 19.3 Å². The number of rotatable bonds is 8. The lowest BCUT2D eigenvalue weighted by molar-refractivity contribution is -0.135. The van der Waals surface area contributed by atoms with Gasteiger partial charge in [-0.3, -0.25) is 9.59 Å². The van der Waals surface area contributed by atoms with Crippen LogP contribution in [0.2, 0.25) is 0 Å². The van der Waals surface area contributed by atoms with Crippen LogP contribution >= 0.6 is 0 Å². The van der Waals surface area contributed by atoms with Gasteiger partial charge in [0.1, 0.15) is 17.2 Å². The van der Waals surface area contributed by atoms with Crippen LogP contribution in [0.15, 0.2) is 48.5 Å². The Balaban J connectivity index is 1.52. The first-order valence-corrected chi connectivity index (χ1v) is 10.1. The van der Waals surface area contributed by atoms with Gasteiger partial charge < -0.3 is 24.4 Å². The third-order valence-corrected chi connectivity index (χ3v) is 5.09. The van der Waals surface area contributed by atoms with Gasteiger partial charge in [-0.25, -0.2) is 0 Å². The third kappa shape index (κ3) is 5.89. The minimum atomic E-state index is -0.255. The summed E-state index contributed by atoms with van der Waals surface area (Å²) in [6.07, 6.45) is 1.83. The summed E-state index contributed by atoms with van der Waals surface area (Å²) in [4.78, 5) is 27.1. The highest BCUT2D eigenvalue weighted by Gasteiger charge is 2.28. The monoisotopic (exact) mass is 412 g/mol.